The number of carbonyl (C=O) groups excluding carboxylic acids is 1. The first-order chi connectivity index (χ1) is 9.55. The van der Waals surface area contributed by atoms with Gasteiger partial charge in [0.2, 0.25) is 10.0 Å². The van der Waals surface area contributed by atoms with Crippen molar-refractivity contribution in [1.29, 1.82) is 0 Å². The summed E-state index contributed by atoms with van der Waals surface area (Å²) in [5, 5.41) is 6.97. The molecule has 11 heteroatoms. The Kier molecular flexibility index (Phi) is 5.96. The van der Waals surface area contributed by atoms with E-state index < -0.39 is 53.3 Å². The van der Waals surface area contributed by atoms with Crippen LogP contribution in [-0.2, 0) is 20.8 Å². The molecule has 0 aliphatic rings. The van der Waals surface area contributed by atoms with Crippen LogP contribution in [0.2, 0.25) is 0 Å². The summed E-state index contributed by atoms with van der Waals surface area (Å²) in [5.74, 6) is -3.90. The molecule has 1 amide bonds. The van der Waals surface area contributed by atoms with Crippen molar-refractivity contribution in [3.63, 3.8) is 0 Å². The second kappa shape index (κ2) is 6.90. The molecule has 0 aliphatic heterocycles. The van der Waals surface area contributed by atoms with Gasteiger partial charge in [0.1, 0.15) is 16.3 Å². The van der Waals surface area contributed by atoms with E-state index >= 15 is 0 Å². The molecule has 6 nitrogen and oxygen atoms in total. The molecule has 0 saturated carbocycles. The monoisotopic (exact) mass is 404 g/mol. The molecule has 1 rings (SSSR count). The lowest BCUT2D eigenvalue weighted by Gasteiger charge is -2.10. The Bertz CT molecular complexity index is 709. The summed E-state index contributed by atoms with van der Waals surface area (Å²) in [5.41, 5.74) is -1.07. The minimum Gasteiger partial charge on any atom is -0.351 e. The fraction of sp³-hybridized carbons (Fsp3) is 0.300. The highest BCUT2D eigenvalue weighted by atomic mass is 79.9. The summed E-state index contributed by atoms with van der Waals surface area (Å²) in [4.78, 5) is 10.7. The highest BCUT2D eigenvalue weighted by molar-refractivity contribution is 9.10. The predicted octanol–water partition coefficient (Wildman–Crippen LogP) is 0.483. The van der Waals surface area contributed by atoms with Crippen LogP contribution >= 0.6 is 15.9 Å². The molecule has 21 heavy (non-hydrogen) atoms. The van der Waals surface area contributed by atoms with Gasteiger partial charge >= 0.3 is 0 Å². The highest BCUT2D eigenvalue weighted by Crippen LogP contribution is 2.28. The Labute approximate surface area is 130 Å². The molecule has 0 heterocycles. The van der Waals surface area contributed by atoms with Crippen molar-refractivity contribution in [2.45, 2.75) is 4.90 Å². The number of hydrogen-bond donors (Lipinski definition) is 2. The number of halogens is 3. The van der Waals surface area contributed by atoms with Gasteiger partial charge in [-0.2, -0.15) is 0 Å². The molecule has 0 saturated heterocycles. The van der Waals surface area contributed by atoms with Gasteiger partial charge < -0.3 is 5.32 Å². The van der Waals surface area contributed by atoms with Crippen molar-refractivity contribution in [1.82, 2.24) is 5.32 Å². The molecule has 0 bridgehead atoms. The maximum Gasteiger partial charge on any atom is 0.257 e. The summed E-state index contributed by atoms with van der Waals surface area (Å²) in [7, 11) is -5.68. The molecule has 118 valence electrons. The maximum absolute atomic E-state index is 14.1. The minimum atomic E-state index is -4.49. The van der Waals surface area contributed by atoms with E-state index in [4.69, 9.17) is 5.14 Å². The lowest BCUT2D eigenvalue weighted by molar-refractivity contribution is 0.0947. The standard InChI is InChI=1S/C10H11BrF2N2O4S2/c1-20(17)3-2-15-10(16)7-6(12)4-5(11)9(8(7)13)21(14,18)19/h4H,2-3H2,1H3,(H,15,16)(H2,14,18,19). The third-order valence-electron chi connectivity index (χ3n) is 2.31. The van der Waals surface area contributed by atoms with Crippen LogP contribution in [0.25, 0.3) is 0 Å². The lowest BCUT2D eigenvalue weighted by Crippen LogP contribution is -2.30. The van der Waals surface area contributed by atoms with Crippen molar-refractivity contribution < 1.29 is 26.2 Å². The molecular weight excluding hydrogens is 394 g/mol. The van der Waals surface area contributed by atoms with E-state index in [0.717, 1.165) is 0 Å². The normalized spacial score (nSPS) is 13.0. The first kappa shape index (κ1) is 18.1. The van der Waals surface area contributed by atoms with Gasteiger partial charge in [0.05, 0.1) is 0 Å². The second-order valence-corrected chi connectivity index (χ2v) is 7.84. The van der Waals surface area contributed by atoms with Gasteiger partial charge in [-0.05, 0) is 22.0 Å². The summed E-state index contributed by atoms with van der Waals surface area (Å²) in [6.07, 6.45) is 1.39. The average molecular weight is 405 g/mol. The van der Waals surface area contributed by atoms with Gasteiger partial charge in [0, 0.05) is 33.8 Å². The zero-order valence-corrected chi connectivity index (χ0v) is 13.9. The zero-order valence-electron chi connectivity index (χ0n) is 10.7. The summed E-state index contributed by atoms with van der Waals surface area (Å²) in [6.45, 7) is -0.0817. The Morgan fingerprint density at radius 2 is 2.05 bits per heavy atom. The van der Waals surface area contributed by atoms with Crippen molar-refractivity contribution in [3.8, 4) is 0 Å². The number of primary sulfonamides is 1. The van der Waals surface area contributed by atoms with Crippen LogP contribution in [0, 0.1) is 11.6 Å². The van der Waals surface area contributed by atoms with Crippen LogP contribution in [0.5, 0.6) is 0 Å². The summed E-state index contributed by atoms with van der Waals surface area (Å²) >= 11 is 2.68. The highest BCUT2D eigenvalue weighted by Gasteiger charge is 2.28. The topological polar surface area (TPSA) is 106 Å². The molecule has 1 atom stereocenters. The molecule has 0 aliphatic carbocycles. The van der Waals surface area contributed by atoms with Crippen LogP contribution in [0.3, 0.4) is 0 Å². The average Bonchev–Trinajstić information content (AvgIpc) is 2.24. The molecule has 0 aromatic heterocycles. The van der Waals surface area contributed by atoms with Crippen LogP contribution in [0.1, 0.15) is 10.4 Å². The van der Waals surface area contributed by atoms with E-state index in [1.807, 2.05) is 0 Å². The molecular formula is C10H11BrF2N2O4S2. The quantitative estimate of drug-likeness (QED) is 0.744. The number of amides is 1. The van der Waals surface area contributed by atoms with Crippen LogP contribution in [0.15, 0.2) is 15.4 Å². The van der Waals surface area contributed by atoms with E-state index in [-0.39, 0.29) is 12.3 Å². The second-order valence-electron chi connectivity index (χ2n) is 3.94. The fourth-order valence-corrected chi connectivity index (χ4v) is 3.56. The van der Waals surface area contributed by atoms with E-state index in [0.29, 0.717) is 6.07 Å². The number of nitrogens with one attached hydrogen (secondary N) is 1. The van der Waals surface area contributed by atoms with Crippen LogP contribution < -0.4 is 10.5 Å². The van der Waals surface area contributed by atoms with E-state index in [1.54, 1.807) is 0 Å². The first-order valence-corrected chi connectivity index (χ1v) is 9.41. The smallest absolute Gasteiger partial charge is 0.257 e. The Hall–Kier alpha value is -0.910. The molecule has 0 spiro atoms. The molecule has 0 radical (unpaired) electrons. The lowest BCUT2D eigenvalue weighted by atomic mass is 10.2. The fourth-order valence-electron chi connectivity index (χ4n) is 1.44. The van der Waals surface area contributed by atoms with E-state index in [1.165, 1.54) is 6.26 Å². The molecule has 1 aromatic rings. The number of hydrogen-bond acceptors (Lipinski definition) is 4. The maximum atomic E-state index is 14.1. The zero-order chi connectivity index (χ0) is 16.4. The SMILES string of the molecule is CS(=O)CCNC(=O)c1c(F)cc(Br)c(S(N)(=O)=O)c1F. The van der Waals surface area contributed by atoms with Crippen LogP contribution in [-0.4, -0.2) is 37.1 Å². The van der Waals surface area contributed by atoms with Gasteiger partial charge in [0.15, 0.2) is 5.82 Å². The summed E-state index contributed by atoms with van der Waals surface area (Å²) < 4.78 is 60.7. The van der Waals surface area contributed by atoms with Crippen molar-refractivity contribution in [2.75, 3.05) is 18.6 Å². The Balaban J connectivity index is 3.25. The Morgan fingerprint density at radius 3 is 2.52 bits per heavy atom. The number of rotatable bonds is 5. The molecule has 0 fully saturated rings. The molecule has 1 aromatic carbocycles. The van der Waals surface area contributed by atoms with Gasteiger partial charge in [-0.3, -0.25) is 9.00 Å². The van der Waals surface area contributed by atoms with E-state index in [9.17, 15) is 26.2 Å². The first-order valence-electron chi connectivity index (χ1n) is 5.34. The Morgan fingerprint density at radius 1 is 1.48 bits per heavy atom. The third-order valence-corrected chi connectivity index (χ3v) is 4.95. The number of benzene rings is 1. The van der Waals surface area contributed by atoms with Crippen LogP contribution in [0.4, 0.5) is 8.78 Å². The van der Waals surface area contributed by atoms with Gasteiger partial charge in [-0.15, -0.1) is 0 Å². The largest absolute Gasteiger partial charge is 0.351 e. The summed E-state index contributed by atoms with van der Waals surface area (Å²) in [6, 6.07) is 0.635. The third kappa shape index (κ3) is 4.53. The minimum absolute atomic E-state index is 0.0817. The number of sulfonamides is 1. The van der Waals surface area contributed by atoms with Crippen molar-refractivity contribution in [3.05, 3.63) is 27.7 Å². The van der Waals surface area contributed by atoms with E-state index in [2.05, 4.69) is 21.2 Å². The van der Waals surface area contributed by atoms with Crippen molar-refractivity contribution >= 4 is 42.7 Å². The van der Waals surface area contributed by atoms with Crippen molar-refractivity contribution in [2.24, 2.45) is 5.14 Å². The van der Waals surface area contributed by atoms with Gasteiger partial charge in [0.25, 0.3) is 5.91 Å². The molecule has 3 N–H and O–H groups in total. The molecule has 1 unspecified atom stereocenters. The predicted molar refractivity (Wildman–Crippen MR) is 76.7 cm³/mol. The van der Waals surface area contributed by atoms with Gasteiger partial charge in [-0.25, -0.2) is 22.3 Å². The number of nitrogens with two attached hydrogens (primary N) is 1. The number of carbonyl (C=O) groups is 1. The van der Waals surface area contributed by atoms with Gasteiger partial charge in [-0.1, -0.05) is 0 Å².